The summed E-state index contributed by atoms with van der Waals surface area (Å²) in [5.74, 6) is -0.939. The number of ether oxygens (including phenoxy) is 2. The maximum atomic E-state index is 12.2. The van der Waals surface area contributed by atoms with Crippen molar-refractivity contribution in [3.05, 3.63) is 29.8 Å². The molecule has 2 N–H and O–H groups in total. The van der Waals surface area contributed by atoms with E-state index < -0.39 is 12.0 Å². The lowest BCUT2D eigenvalue weighted by Crippen LogP contribution is -2.46. The molecule has 0 saturated heterocycles. The van der Waals surface area contributed by atoms with Gasteiger partial charge in [0.25, 0.3) is 0 Å². The number of carbonyl (C=O) groups excluding carboxylic acids is 1. The minimum atomic E-state index is -1.06. The van der Waals surface area contributed by atoms with Crippen LogP contribution in [0.1, 0.15) is 12.0 Å². The number of nitrogens with one attached hydrogen (secondary N) is 1. The van der Waals surface area contributed by atoms with Crippen LogP contribution < -0.4 is 10.1 Å². The Balaban J connectivity index is 1.96. The quantitative estimate of drug-likeness (QED) is 0.812. The summed E-state index contributed by atoms with van der Waals surface area (Å²) in [5.41, 5.74) is 0.965. The van der Waals surface area contributed by atoms with E-state index in [0.717, 1.165) is 11.3 Å². The number of amides is 1. The van der Waals surface area contributed by atoms with Gasteiger partial charge in [0, 0.05) is 20.1 Å². The third-order valence-electron chi connectivity index (χ3n) is 3.47. The summed E-state index contributed by atoms with van der Waals surface area (Å²) in [4.78, 5) is 23.3. The van der Waals surface area contributed by atoms with Crippen LogP contribution in [-0.4, -0.2) is 43.3 Å². The van der Waals surface area contributed by atoms with E-state index in [4.69, 9.17) is 14.6 Å². The van der Waals surface area contributed by atoms with E-state index in [9.17, 15) is 9.59 Å². The molecule has 6 nitrogen and oxygen atoms in total. The van der Waals surface area contributed by atoms with Crippen LogP contribution in [0, 0.1) is 5.92 Å². The Bertz CT molecular complexity index is 517. The fraction of sp³-hybridized carbons (Fsp3) is 0.467. The van der Waals surface area contributed by atoms with Crippen LogP contribution in [0.3, 0.4) is 0 Å². The second-order valence-electron chi connectivity index (χ2n) is 5.00. The van der Waals surface area contributed by atoms with E-state index in [-0.39, 0.29) is 31.5 Å². The van der Waals surface area contributed by atoms with Gasteiger partial charge in [-0.05, 0) is 18.1 Å². The molecule has 0 fully saturated rings. The molecule has 0 bridgehead atoms. The normalized spacial score (nSPS) is 18.2. The summed E-state index contributed by atoms with van der Waals surface area (Å²) in [6, 6.07) is 6.61. The van der Waals surface area contributed by atoms with Gasteiger partial charge < -0.3 is 19.9 Å². The number of rotatable bonds is 6. The molecule has 1 aromatic rings. The Hall–Kier alpha value is -2.08. The Morgan fingerprint density at radius 1 is 1.48 bits per heavy atom. The second kappa shape index (κ2) is 7.08. The van der Waals surface area contributed by atoms with Gasteiger partial charge in [-0.1, -0.05) is 18.2 Å². The first-order valence-electron chi connectivity index (χ1n) is 6.84. The molecule has 1 aliphatic rings. The highest BCUT2D eigenvalue weighted by Crippen LogP contribution is 2.26. The highest BCUT2D eigenvalue weighted by molar-refractivity contribution is 5.85. The van der Waals surface area contributed by atoms with Gasteiger partial charge in [0.15, 0.2) is 0 Å². The summed E-state index contributed by atoms with van der Waals surface area (Å²) in [6.07, 6.45) is 0.792. The molecule has 0 saturated carbocycles. The zero-order chi connectivity index (χ0) is 15.2. The predicted molar refractivity (Wildman–Crippen MR) is 75.2 cm³/mol. The van der Waals surface area contributed by atoms with E-state index in [2.05, 4.69) is 5.32 Å². The maximum Gasteiger partial charge on any atom is 0.326 e. The van der Waals surface area contributed by atoms with Gasteiger partial charge in [0.2, 0.25) is 5.91 Å². The molecule has 6 heteroatoms. The van der Waals surface area contributed by atoms with Gasteiger partial charge in [0.05, 0.1) is 5.92 Å². The molecule has 2 rings (SSSR count). The Morgan fingerprint density at radius 2 is 2.24 bits per heavy atom. The van der Waals surface area contributed by atoms with Crippen molar-refractivity contribution in [3.8, 4) is 5.75 Å². The Kier molecular flexibility index (Phi) is 5.16. The molecule has 0 aromatic heterocycles. The van der Waals surface area contributed by atoms with Gasteiger partial charge in [-0.3, -0.25) is 4.79 Å². The number of aliphatic carboxylic acids is 1. The Labute approximate surface area is 123 Å². The minimum Gasteiger partial charge on any atom is -0.492 e. The van der Waals surface area contributed by atoms with Crippen molar-refractivity contribution in [1.82, 2.24) is 5.32 Å². The van der Waals surface area contributed by atoms with E-state index in [1.807, 2.05) is 24.3 Å². The standard InChI is InChI=1S/C15H19NO5/c1-20-7-6-12(15(18)19)16-14(17)11-8-10-4-2-3-5-13(10)21-9-11/h2-5,11-12H,6-9H2,1H3,(H,16,17)(H,18,19)/t11-,12-/m1/s1. The lowest BCUT2D eigenvalue weighted by Gasteiger charge is -2.25. The molecular formula is C15H19NO5. The van der Waals surface area contributed by atoms with Crippen LogP contribution in [0.5, 0.6) is 5.75 Å². The molecule has 1 aliphatic heterocycles. The number of fused-ring (bicyclic) bond motifs is 1. The molecule has 0 radical (unpaired) electrons. The van der Waals surface area contributed by atoms with Crippen molar-refractivity contribution in [1.29, 1.82) is 0 Å². The van der Waals surface area contributed by atoms with Crippen molar-refractivity contribution >= 4 is 11.9 Å². The molecule has 0 unspecified atom stereocenters. The first-order valence-corrected chi connectivity index (χ1v) is 6.84. The first kappa shape index (κ1) is 15.3. The number of hydrogen-bond donors (Lipinski definition) is 2. The molecule has 114 valence electrons. The number of carboxylic acid groups (broad SMARTS) is 1. The number of benzene rings is 1. The molecule has 0 spiro atoms. The number of methoxy groups -OCH3 is 1. The smallest absolute Gasteiger partial charge is 0.326 e. The van der Waals surface area contributed by atoms with Crippen molar-refractivity contribution in [3.63, 3.8) is 0 Å². The largest absolute Gasteiger partial charge is 0.492 e. The van der Waals surface area contributed by atoms with Gasteiger partial charge >= 0.3 is 5.97 Å². The fourth-order valence-electron chi connectivity index (χ4n) is 2.28. The Morgan fingerprint density at radius 3 is 2.95 bits per heavy atom. The van der Waals surface area contributed by atoms with Crippen molar-refractivity contribution in [2.75, 3.05) is 20.3 Å². The summed E-state index contributed by atoms with van der Waals surface area (Å²) in [7, 11) is 1.49. The average molecular weight is 293 g/mol. The van der Waals surface area contributed by atoms with Gasteiger partial charge in [-0.2, -0.15) is 0 Å². The predicted octanol–water partition coefficient (Wildman–Crippen LogP) is 0.844. The zero-order valence-electron chi connectivity index (χ0n) is 11.9. The van der Waals surface area contributed by atoms with Crippen LogP contribution in [0.4, 0.5) is 0 Å². The lowest BCUT2D eigenvalue weighted by molar-refractivity contribution is -0.143. The summed E-state index contributed by atoms with van der Waals surface area (Å²) >= 11 is 0. The van der Waals surface area contributed by atoms with Gasteiger partial charge in [0.1, 0.15) is 18.4 Å². The molecule has 1 heterocycles. The van der Waals surface area contributed by atoms with Gasteiger partial charge in [-0.25, -0.2) is 4.79 Å². The average Bonchev–Trinajstić information content (AvgIpc) is 2.50. The molecule has 21 heavy (non-hydrogen) atoms. The van der Waals surface area contributed by atoms with E-state index in [0.29, 0.717) is 6.42 Å². The third-order valence-corrected chi connectivity index (χ3v) is 3.47. The number of para-hydroxylation sites is 1. The summed E-state index contributed by atoms with van der Waals surface area (Å²) in [5, 5.41) is 11.7. The molecule has 2 atom stereocenters. The third kappa shape index (κ3) is 3.95. The van der Waals surface area contributed by atoms with Crippen molar-refractivity contribution in [2.45, 2.75) is 18.9 Å². The number of hydrogen-bond acceptors (Lipinski definition) is 4. The van der Waals surface area contributed by atoms with Gasteiger partial charge in [-0.15, -0.1) is 0 Å². The minimum absolute atomic E-state index is 0.238. The summed E-state index contributed by atoms with van der Waals surface area (Å²) in [6.45, 7) is 0.542. The van der Waals surface area contributed by atoms with Crippen LogP contribution >= 0.6 is 0 Å². The lowest BCUT2D eigenvalue weighted by atomic mass is 9.95. The highest BCUT2D eigenvalue weighted by Gasteiger charge is 2.29. The summed E-state index contributed by atoms with van der Waals surface area (Å²) < 4.78 is 10.4. The molecule has 1 amide bonds. The second-order valence-corrected chi connectivity index (χ2v) is 5.00. The van der Waals surface area contributed by atoms with Crippen LogP contribution in [-0.2, 0) is 20.7 Å². The topological polar surface area (TPSA) is 84.9 Å². The number of carboxylic acids is 1. The SMILES string of the molecule is COCC[C@@H](NC(=O)[C@H]1COc2ccccc2C1)C(=O)O. The van der Waals surface area contributed by atoms with Crippen LogP contribution in [0.2, 0.25) is 0 Å². The van der Waals surface area contributed by atoms with Crippen molar-refractivity contribution in [2.24, 2.45) is 5.92 Å². The van der Waals surface area contributed by atoms with Crippen molar-refractivity contribution < 1.29 is 24.2 Å². The maximum absolute atomic E-state index is 12.2. The van der Waals surface area contributed by atoms with Crippen LogP contribution in [0.15, 0.2) is 24.3 Å². The number of carbonyl (C=O) groups is 2. The zero-order valence-corrected chi connectivity index (χ0v) is 11.9. The fourth-order valence-corrected chi connectivity index (χ4v) is 2.28. The monoisotopic (exact) mass is 293 g/mol. The highest BCUT2D eigenvalue weighted by atomic mass is 16.5. The van der Waals surface area contributed by atoms with Crippen LogP contribution in [0.25, 0.3) is 0 Å². The molecule has 0 aliphatic carbocycles. The van der Waals surface area contributed by atoms with E-state index >= 15 is 0 Å². The molecular weight excluding hydrogens is 274 g/mol. The first-order chi connectivity index (χ1) is 10.1. The van der Waals surface area contributed by atoms with E-state index in [1.54, 1.807) is 0 Å². The molecule has 1 aromatic carbocycles. The van der Waals surface area contributed by atoms with E-state index in [1.165, 1.54) is 7.11 Å².